The summed E-state index contributed by atoms with van der Waals surface area (Å²) in [6.45, 7) is 8.84. The molecule has 0 aliphatic carbocycles. The number of anilines is 1. The second-order valence-electron chi connectivity index (χ2n) is 6.10. The van der Waals surface area contributed by atoms with Gasteiger partial charge in [-0.3, -0.25) is 4.72 Å². The first-order valence-electron chi connectivity index (χ1n) is 7.64. The Morgan fingerprint density at radius 3 is 1.72 bits per heavy atom. The number of para-hydroxylation sites is 1. The summed E-state index contributed by atoms with van der Waals surface area (Å²) in [5, 5.41) is 0. The van der Waals surface area contributed by atoms with Crippen LogP contribution in [0.2, 0.25) is 0 Å². The summed E-state index contributed by atoms with van der Waals surface area (Å²) in [5.41, 5.74) is 2.18. The highest BCUT2D eigenvalue weighted by Gasteiger charge is 2.35. The molecule has 0 saturated carbocycles. The Morgan fingerprint density at radius 2 is 1.24 bits per heavy atom. The number of hydrogen-bond donors (Lipinski definition) is 1. The summed E-state index contributed by atoms with van der Waals surface area (Å²) in [6, 6.07) is 4.54. The molecule has 2 aromatic carbocycles. The summed E-state index contributed by atoms with van der Waals surface area (Å²) >= 11 is 0. The van der Waals surface area contributed by atoms with Crippen molar-refractivity contribution in [1.82, 2.24) is 0 Å². The lowest BCUT2D eigenvalue weighted by molar-refractivity contribution is -0.136. The van der Waals surface area contributed by atoms with Gasteiger partial charge >= 0.3 is 6.18 Å². The van der Waals surface area contributed by atoms with Gasteiger partial charge in [-0.1, -0.05) is 12.1 Å². The van der Waals surface area contributed by atoms with E-state index in [1.165, 1.54) is 12.1 Å². The standard InChI is InChI=1S/C18H20F3NO2S/c1-10-11(2)13(4)17(14(5)12(10)3)25(23,24)22-16-9-7-6-8-15(16)18(19,20)21/h6-9,22H,1-5H3. The highest BCUT2D eigenvalue weighted by Crippen LogP contribution is 2.37. The average molecular weight is 371 g/mol. The number of hydrogen-bond acceptors (Lipinski definition) is 2. The van der Waals surface area contributed by atoms with Gasteiger partial charge in [0.05, 0.1) is 16.1 Å². The third kappa shape index (κ3) is 3.51. The Kier molecular flexibility index (Phi) is 4.92. The van der Waals surface area contributed by atoms with Gasteiger partial charge in [-0.2, -0.15) is 13.2 Å². The first kappa shape index (κ1) is 19.3. The van der Waals surface area contributed by atoms with Crippen molar-refractivity contribution >= 4 is 15.7 Å². The summed E-state index contributed by atoms with van der Waals surface area (Å²) in [5.74, 6) is 0. The SMILES string of the molecule is Cc1c(C)c(C)c(S(=O)(=O)Nc2ccccc2C(F)(F)F)c(C)c1C. The van der Waals surface area contributed by atoms with Crippen LogP contribution in [0.4, 0.5) is 18.9 Å². The van der Waals surface area contributed by atoms with Crippen molar-refractivity contribution in [3.8, 4) is 0 Å². The van der Waals surface area contributed by atoms with Crippen LogP contribution in [0.3, 0.4) is 0 Å². The van der Waals surface area contributed by atoms with E-state index < -0.39 is 27.5 Å². The van der Waals surface area contributed by atoms with Crippen molar-refractivity contribution in [2.45, 2.75) is 45.7 Å². The molecular weight excluding hydrogens is 351 g/mol. The van der Waals surface area contributed by atoms with Gasteiger partial charge in [0, 0.05) is 0 Å². The predicted molar refractivity (Wildman–Crippen MR) is 92.4 cm³/mol. The zero-order valence-electron chi connectivity index (χ0n) is 14.7. The molecule has 25 heavy (non-hydrogen) atoms. The predicted octanol–water partition coefficient (Wildman–Crippen LogP) is 5.05. The molecule has 0 aliphatic rings. The van der Waals surface area contributed by atoms with Gasteiger partial charge in [0.15, 0.2) is 0 Å². The van der Waals surface area contributed by atoms with Crippen molar-refractivity contribution in [2.75, 3.05) is 4.72 Å². The molecule has 0 unspecified atom stereocenters. The maximum absolute atomic E-state index is 13.1. The average Bonchev–Trinajstić information content (AvgIpc) is 2.50. The van der Waals surface area contributed by atoms with E-state index in [9.17, 15) is 21.6 Å². The number of benzene rings is 2. The van der Waals surface area contributed by atoms with Crippen LogP contribution in [0.25, 0.3) is 0 Å². The van der Waals surface area contributed by atoms with Crippen LogP contribution in [0, 0.1) is 34.6 Å². The lowest BCUT2D eigenvalue weighted by Crippen LogP contribution is -2.20. The van der Waals surface area contributed by atoms with Crippen LogP contribution in [0.5, 0.6) is 0 Å². The fraction of sp³-hybridized carbons (Fsp3) is 0.333. The van der Waals surface area contributed by atoms with Crippen LogP contribution in [0.15, 0.2) is 29.2 Å². The smallest absolute Gasteiger partial charge is 0.279 e. The molecule has 0 fully saturated rings. The zero-order chi connectivity index (χ0) is 19.2. The van der Waals surface area contributed by atoms with E-state index >= 15 is 0 Å². The van der Waals surface area contributed by atoms with E-state index in [-0.39, 0.29) is 4.90 Å². The molecule has 0 amide bonds. The Hall–Kier alpha value is -2.02. The first-order chi connectivity index (χ1) is 11.4. The maximum Gasteiger partial charge on any atom is 0.418 e. The normalized spacial score (nSPS) is 12.3. The molecular formula is C18H20F3NO2S. The van der Waals surface area contributed by atoms with E-state index in [2.05, 4.69) is 4.72 Å². The molecule has 3 nitrogen and oxygen atoms in total. The lowest BCUT2D eigenvalue weighted by Gasteiger charge is -2.20. The van der Waals surface area contributed by atoms with Crippen LogP contribution in [-0.2, 0) is 16.2 Å². The van der Waals surface area contributed by atoms with Crippen molar-refractivity contribution in [3.05, 3.63) is 57.6 Å². The summed E-state index contributed by atoms with van der Waals surface area (Å²) in [6.07, 6.45) is -4.65. The minimum absolute atomic E-state index is 0.0325. The first-order valence-corrected chi connectivity index (χ1v) is 9.12. The van der Waals surface area contributed by atoms with Crippen LogP contribution in [-0.4, -0.2) is 8.42 Å². The van der Waals surface area contributed by atoms with Gasteiger partial charge in [0.1, 0.15) is 0 Å². The van der Waals surface area contributed by atoms with Gasteiger partial charge in [-0.25, -0.2) is 8.42 Å². The molecule has 0 spiro atoms. The molecule has 0 aliphatic heterocycles. The van der Waals surface area contributed by atoms with Crippen molar-refractivity contribution in [1.29, 1.82) is 0 Å². The number of nitrogens with one attached hydrogen (secondary N) is 1. The Labute approximate surface area is 145 Å². The van der Waals surface area contributed by atoms with Gasteiger partial charge in [0.2, 0.25) is 0 Å². The van der Waals surface area contributed by atoms with E-state index in [1.807, 2.05) is 6.92 Å². The fourth-order valence-electron chi connectivity index (χ4n) is 2.88. The molecule has 0 heterocycles. The topological polar surface area (TPSA) is 46.2 Å². The minimum Gasteiger partial charge on any atom is -0.279 e. The minimum atomic E-state index is -4.65. The van der Waals surface area contributed by atoms with Crippen molar-refractivity contribution in [2.24, 2.45) is 0 Å². The van der Waals surface area contributed by atoms with Gasteiger partial charge in [-0.05, 0) is 74.6 Å². The second kappa shape index (κ2) is 6.37. The molecule has 0 aromatic heterocycles. The third-order valence-corrected chi connectivity index (χ3v) is 6.32. The number of rotatable bonds is 3. The zero-order valence-corrected chi connectivity index (χ0v) is 15.5. The second-order valence-corrected chi connectivity index (χ2v) is 7.72. The number of halogens is 3. The summed E-state index contributed by atoms with van der Waals surface area (Å²) < 4.78 is 67.2. The molecule has 2 aromatic rings. The van der Waals surface area contributed by atoms with Gasteiger partial charge in [0.25, 0.3) is 10.0 Å². The van der Waals surface area contributed by atoms with Gasteiger partial charge < -0.3 is 0 Å². The number of sulfonamides is 1. The molecule has 7 heteroatoms. The Morgan fingerprint density at radius 1 is 0.800 bits per heavy atom. The molecule has 0 atom stereocenters. The van der Waals surface area contributed by atoms with Crippen LogP contribution in [0.1, 0.15) is 33.4 Å². The molecule has 1 N–H and O–H groups in total. The van der Waals surface area contributed by atoms with Crippen molar-refractivity contribution < 1.29 is 21.6 Å². The molecule has 0 radical (unpaired) electrons. The molecule has 0 bridgehead atoms. The highest BCUT2D eigenvalue weighted by atomic mass is 32.2. The Balaban J connectivity index is 2.65. The maximum atomic E-state index is 13.1. The molecule has 0 saturated heterocycles. The van der Waals surface area contributed by atoms with Crippen LogP contribution >= 0.6 is 0 Å². The third-order valence-electron chi connectivity index (χ3n) is 4.68. The van der Waals surface area contributed by atoms with Crippen molar-refractivity contribution in [3.63, 3.8) is 0 Å². The summed E-state index contributed by atoms with van der Waals surface area (Å²) in [4.78, 5) is 0.0325. The van der Waals surface area contributed by atoms with Crippen LogP contribution < -0.4 is 4.72 Å². The number of alkyl halides is 3. The quantitative estimate of drug-likeness (QED) is 0.821. The summed E-state index contributed by atoms with van der Waals surface area (Å²) in [7, 11) is -4.17. The Bertz CT molecular complexity index is 903. The van der Waals surface area contributed by atoms with E-state index in [1.54, 1.807) is 27.7 Å². The monoisotopic (exact) mass is 371 g/mol. The van der Waals surface area contributed by atoms with E-state index in [0.717, 1.165) is 28.8 Å². The molecule has 2 rings (SSSR count). The van der Waals surface area contributed by atoms with E-state index in [0.29, 0.717) is 11.1 Å². The highest BCUT2D eigenvalue weighted by molar-refractivity contribution is 7.92. The van der Waals surface area contributed by atoms with E-state index in [4.69, 9.17) is 0 Å². The molecule has 136 valence electrons. The lowest BCUT2D eigenvalue weighted by atomic mass is 9.95. The largest absolute Gasteiger partial charge is 0.418 e. The van der Waals surface area contributed by atoms with Gasteiger partial charge in [-0.15, -0.1) is 0 Å². The fourth-order valence-corrected chi connectivity index (χ4v) is 4.57.